The molecule has 30 heavy (non-hydrogen) atoms. The summed E-state index contributed by atoms with van der Waals surface area (Å²) in [5.41, 5.74) is -0.0681. The van der Waals surface area contributed by atoms with Crippen LogP contribution in [0.2, 0.25) is 0 Å². The van der Waals surface area contributed by atoms with Crippen LogP contribution in [-0.4, -0.2) is 36.1 Å². The summed E-state index contributed by atoms with van der Waals surface area (Å²) < 4.78 is 20.2. The van der Waals surface area contributed by atoms with Gasteiger partial charge in [-0.25, -0.2) is 9.59 Å². The molecule has 0 fully saturated rings. The second kappa shape index (κ2) is 8.36. The summed E-state index contributed by atoms with van der Waals surface area (Å²) in [5.74, 6) is -1.27. The first-order chi connectivity index (χ1) is 14.2. The SMILES string of the molecule is CC(C)OC(=O)Oc1cccc2c1C(=O)c1cccc(OC(=O)OC(C)C)c1C2=O. The summed E-state index contributed by atoms with van der Waals surface area (Å²) in [5, 5.41) is 0. The minimum Gasteiger partial charge on any atom is -0.431 e. The number of benzene rings is 2. The molecule has 0 heterocycles. The van der Waals surface area contributed by atoms with E-state index in [-0.39, 0.29) is 33.8 Å². The Labute approximate surface area is 172 Å². The number of carbonyl (C=O) groups excluding carboxylic acids is 4. The van der Waals surface area contributed by atoms with Crippen molar-refractivity contribution in [2.24, 2.45) is 0 Å². The maximum Gasteiger partial charge on any atom is 0.514 e. The van der Waals surface area contributed by atoms with Crippen LogP contribution >= 0.6 is 0 Å². The van der Waals surface area contributed by atoms with E-state index in [0.717, 1.165) is 0 Å². The maximum atomic E-state index is 13.1. The molecule has 3 rings (SSSR count). The van der Waals surface area contributed by atoms with Gasteiger partial charge in [-0.1, -0.05) is 24.3 Å². The average molecular weight is 412 g/mol. The Morgan fingerprint density at radius 3 is 1.37 bits per heavy atom. The minimum atomic E-state index is -0.988. The zero-order chi connectivity index (χ0) is 22.0. The second-order valence-corrected chi connectivity index (χ2v) is 7.05. The van der Waals surface area contributed by atoms with E-state index in [1.807, 2.05) is 0 Å². The van der Waals surface area contributed by atoms with Crippen LogP contribution in [0, 0.1) is 0 Å². The number of carbonyl (C=O) groups is 4. The molecule has 2 aromatic rings. The molecule has 0 saturated heterocycles. The minimum absolute atomic E-state index is 0.0237. The van der Waals surface area contributed by atoms with Crippen molar-refractivity contribution in [1.82, 2.24) is 0 Å². The van der Waals surface area contributed by atoms with Gasteiger partial charge in [0.2, 0.25) is 0 Å². The summed E-state index contributed by atoms with van der Waals surface area (Å²) in [4.78, 5) is 50.1. The van der Waals surface area contributed by atoms with Crippen molar-refractivity contribution in [1.29, 1.82) is 0 Å². The fourth-order valence-electron chi connectivity index (χ4n) is 2.96. The Hall–Kier alpha value is -3.68. The molecule has 0 radical (unpaired) electrons. The van der Waals surface area contributed by atoms with E-state index in [1.54, 1.807) is 27.7 Å². The average Bonchev–Trinajstić information content (AvgIpc) is 2.64. The van der Waals surface area contributed by atoms with E-state index in [1.165, 1.54) is 36.4 Å². The van der Waals surface area contributed by atoms with E-state index >= 15 is 0 Å². The lowest BCUT2D eigenvalue weighted by atomic mass is 9.83. The first kappa shape index (κ1) is 21.0. The van der Waals surface area contributed by atoms with Gasteiger partial charge in [0.05, 0.1) is 23.3 Å². The Morgan fingerprint density at radius 1 is 0.667 bits per heavy atom. The molecule has 0 amide bonds. The molecule has 1 aliphatic carbocycles. The van der Waals surface area contributed by atoms with Gasteiger partial charge < -0.3 is 18.9 Å². The van der Waals surface area contributed by atoms with Gasteiger partial charge in [-0.2, -0.15) is 0 Å². The number of ketones is 2. The molecule has 0 aliphatic heterocycles. The third-order valence-corrected chi connectivity index (χ3v) is 4.05. The van der Waals surface area contributed by atoms with Crippen LogP contribution in [0.15, 0.2) is 36.4 Å². The number of fused-ring (bicyclic) bond motifs is 2. The summed E-state index contributed by atoms with van der Waals surface area (Å²) in [7, 11) is 0. The Kier molecular flexibility index (Phi) is 5.86. The van der Waals surface area contributed by atoms with Crippen LogP contribution in [-0.2, 0) is 9.47 Å². The molecule has 8 heteroatoms. The number of hydrogen-bond donors (Lipinski definition) is 0. The lowest BCUT2D eigenvalue weighted by Gasteiger charge is -2.21. The normalized spacial score (nSPS) is 12.3. The summed E-state index contributed by atoms with van der Waals surface area (Å²) in [6, 6.07) is 8.62. The summed E-state index contributed by atoms with van der Waals surface area (Å²) in [6.45, 7) is 6.61. The number of rotatable bonds is 4. The molecular weight excluding hydrogens is 392 g/mol. The quantitative estimate of drug-likeness (QED) is 0.461. The van der Waals surface area contributed by atoms with Crippen molar-refractivity contribution >= 4 is 23.9 Å². The smallest absolute Gasteiger partial charge is 0.431 e. The van der Waals surface area contributed by atoms with Gasteiger partial charge in [-0.3, -0.25) is 9.59 Å². The van der Waals surface area contributed by atoms with Crippen molar-refractivity contribution in [3.63, 3.8) is 0 Å². The van der Waals surface area contributed by atoms with Crippen LogP contribution in [0.4, 0.5) is 9.59 Å². The fourth-order valence-corrected chi connectivity index (χ4v) is 2.96. The highest BCUT2D eigenvalue weighted by Gasteiger charge is 2.35. The van der Waals surface area contributed by atoms with Crippen LogP contribution in [0.3, 0.4) is 0 Å². The molecule has 8 nitrogen and oxygen atoms in total. The highest BCUT2D eigenvalue weighted by Crippen LogP contribution is 2.37. The second-order valence-electron chi connectivity index (χ2n) is 7.05. The predicted octanol–water partition coefficient (Wildman–Crippen LogP) is 4.31. The third-order valence-electron chi connectivity index (χ3n) is 4.05. The van der Waals surface area contributed by atoms with Gasteiger partial charge in [-0.15, -0.1) is 0 Å². The molecule has 1 aliphatic rings. The van der Waals surface area contributed by atoms with E-state index in [9.17, 15) is 19.2 Å². The summed E-state index contributed by atoms with van der Waals surface area (Å²) in [6.07, 6.45) is -2.81. The Morgan fingerprint density at radius 2 is 1.03 bits per heavy atom. The maximum absolute atomic E-state index is 13.1. The van der Waals surface area contributed by atoms with Crippen molar-refractivity contribution in [3.8, 4) is 11.5 Å². The lowest BCUT2D eigenvalue weighted by Crippen LogP contribution is -2.25. The summed E-state index contributed by atoms with van der Waals surface area (Å²) >= 11 is 0. The number of ether oxygens (including phenoxy) is 4. The lowest BCUT2D eigenvalue weighted by molar-refractivity contribution is 0.0705. The Balaban J connectivity index is 2.01. The molecule has 2 aromatic carbocycles. The van der Waals surface area contributed by atoms with E-state index < -0.39 is 36.1 Å². The predicted molar refractivity (Wildman–Crippen MR) is 104 cm³/mol. The highest BCUT2D eigenvalue weighted by atomic mass is 16.7. The molecule has 0 spiro atoms. The van der Waals surface area contributed by atoms with Crippen molar-refractivity contribution in [2.75, 3.05) is 0 Å². The monoisotopic (exact) mass is 412 g/mol. The topological polar surface area (TPSA) is 105 Å². The van der Waals surface area contributed by atoms with Gasteiger partial charge in [-0.05, 0) is 39.8 Å². The van der Waals surface area contributed by atoms with Crippen molar-refractivity contribution in [2.45, 2.75) is 39.9 Å². The largest absolute Gasteiger partial charge is 0.514 e. The van der Waals surface area contributed by atoms with Gasteiger partial charge in [0, 0.05) is 11.1 Å². The third kappa shape index (κ3) is 4.17. The van der Waals surface area contributed by atoms with Crippen LogP contribution in [0.5, 0.6) is 11.5 Å². The zero-order valence-corrected chi connectivity index (χ0v) is 16.9. The van der Waals surface area contributed by atoms with Crippen LogP contribution in [0.25, 0.3) is 0 Å². The Bertz CT molecular complexity index is 952. The van der Waals surface area contributed by atoms with Crippen molar-refractivity contribution < 1.29 is 38.1 Å². The number of hydrogen-bond acceptors (Lipinski definition) is 8. The molecule has 0 bridgehead atoms. The van der Waals surface area contributed by atoms with E-state index in [0.29, 0.717) is 0 Å². The van der Waals surface area contributed by atoms with E-state index in [2.05, 4.69) is 0 Å². The molecule has 0 aromatic heterocycles. The fraction of sp³-hybridized carbons (Fsp3) is 0.273. The van der Waals surface area contributed by atoms with Crippen LogP contribution < -0.4 is 9.47 Å². The molecule has 0 saturated carbocycles. The molecule has 0 N–H and O–H groups in total. The standard InChI is InChI=1S/C22H20O8/c1-11(2)27-21(25)29-15-9-5-7-13-17(15)19(23)14-8-6-10-16(18(14)20(13)24)30-22(26)28-12(3)4/h5-12H,1-4H3. The molecule has 0 atom stereocenters. The first-order valence-corrected chi connectivity index (χ1v) is 9.31. The molecular formula is C22H20O8. The first-order valence-electron chi connectivity index (χ1n) is 9.31. The van der Waals surface area contributed by atoms with Gasteiger partial charge in [0.15, 0.2) is 11.6 Å². The van der Waals surface area contributed by atoms with Crippen molar-refractivity contribution in [3.05, 3.63) is 58.7 Å². The van der Waals surface area contributed by atoms with Gasteiger partial charge in [0.1, 0.15) is 11.5 Å². The van der Waals surface area contributed by atoms with E-state index in [4.69, 9.17) is 18.9 Å². The van der Waals surface area contributed by atoms with Crippen LogP contribution in [0.1, 0.15) is 59.5 Å². The zero-order valence-electron chi connectivity index (χ0n) is 16.9. The van der Waals surface area contributed by atoms with Gasteiger partial charge in [0.25, 0.3) is 0 Å². The highest BCUT2D eigenvalue weighted by molar-refractivity contribution is 6.30. The molecule has 0 unspecified atom stereocenters. The molecule has 156 valence electrons. The van der Waals surface area contributed by atoms with Gasteiger partial charge >= 0.3 is 12.3 Å².